The summed E-state index contributed by atoms with van der Waals surface area (Å²) in [5, 5.41) is 5.44. The number of thiophene rings is 1. The topological polar surface area (TPSA) is 59.1 Å². The van der Waals surface area contributed by atoms with E-state index in [-0.39, 0.29) is 11.8 Å². The molecule has 20 heavy (non-hydrogen) atoms. The van der Waals surface area contributed by atoms with Crippen molar-refractivity contribution < 1.29 is 8.42 Å². The molecule has 6 heteroatoms. The number of nitrogens with zero attached hydrogens (tertiary/aromatic N) is 1. The van der Waals surface area contributed by atoms with Crippen molar-refractivity contribution in [2.45, 2.75) is 25.8 Å². The van der Waals surface area contributed by atoms with Crippen LogP contribution in [0.3, 0.4) is 0 Å². The van der Waals surface area contributed by atoms with Crippen LogP contribution in [0.1, 0.15) is 31.4 Å². The van der Waals surface area contributed by atoms with E-state index in [1.165, 1.54) is 6.26 Å². The second kappa shape index (κ2) is 6.65. The Morgan fingerprint density at radius 2 is 2.25 bits per heavy atom. The van der Waals surface area contributed by atoms with Gasteiger partial charge < -0.3 is 5.32 Å². The summed E-state index contributed by atoms with van der Waals surface area (Å²) in [6.07, 6.45) is 4.73. The molecule has 0 bridgehead atoms. The molecule has 1 unspecified atom stereocenters. The second-order valence-electron chi connectivity index (χ2n) is 5.00. The van der Waals surface area contributed by atoms with Gasteiger partial charge in [-0.3, -0.25) is 4.98 Å². The van der Waals surface area contributed by atoms with Crippen molar-refractivity contribution in [2.75, 3.05) is 18.6 Å². The lowest BCUT2D eigenvalue weighted by Crippen LogP contribution is -2.24. The molecule has 0 aliphatic carbocycles. The fraction of sp³-hybridized carbons (Fsp3) is 0.500. The molecule has 2 aromatic rings. The zero-order chi connectivity index (χ0) is 14.6. The third-order valence-electron chi connectivity index (χ3n) is 3.14. The lowest BCUT2D eigenvalue weighted by molar-refractivity contribution is 0.513. The Morgan fingerprint density at radius 3 is 2.95 bits per heavy atom. The highest BCUT2D eigenvalue weighted by Crippen LogP contribution is 2.24. The van der Waals surface area contributed by atoms with E-state index in [1.54, 1.807) is 11.3 Å². The van der Waals surface area contributed by atoms with Gasteiger partial charge in [0, 0.05) is 18.5 Å². The van der Waals surface area contributed by atoms with Crippen molar-refractivity contribution in [3.63, 3.8) is 0 Å². The Morgan fingerprint density at radius 1 is 1.45 bits per heavy atom. The van der Waals surface area contributed by atoms with Crippen LogP contribution in [-0.4, -0.2) is 32.0 Å². The summed E-state index contributed by atoms with van der Waals surface area (Å²) in [6, 6.07) is 4.15. The molecule has 110 valence electrons. The zero-order valence-corrected chi connectivity index (χ0v) is 13.4. The summed E-state index contributed by atoms with van der Waals surface area (Å²) in [5.41, 5.74) is 2.06. The lowest BCUT2D eigenvalue weighted by atomic mass is 10.1. The number of hydrogen-bond acceptors (Lipinski definition) is 5. The van der Waals surface area contributed by atoms with Crippen LogP contribution >= 0.6 is 11.3 Å². The number of rotatable bonds is 7. The summed E-state index contributed by atoms with van der Waals surface area (Å²) < 4.78 is 23.9. The molecule has 0 aromatic carbocycles. The Kier molecular flexibility index (Phi) is 5.12. The van der Waals surface area contributed by atoms with Gasteiger partial charge in [0.25, 0.3) is 0 Å². The molecule has 2 aromatic heterocycles. The first-order chi connectivity index (χ1) is 9.49. The van der Waals surface area contributed by atoms with Gasteiger partial charge in [-0.15, -0.1) is 11.3 Å². The minimum Gasteiger partial charge on any atom is -0.310 e. The van der Waals surface area contributed by atoms with E-state index >= 15 is 0 Å². The van der Waals surface area contributed by atoms with Crippen LogP contribution in [-0.2, 0) is 9.84 Å². The molecule has 4 nitrogen and oxygen atoms in total. The molecule has 2 rings (SSSR count). The van der Waals surface area contributed by atoms with E-state index < -0.39 is 9.84 Å². The van der Waals surface area contributed by atoms with Gasteiger partial charge in [-0.1, -0.05) is 6.92 Å². The normalized spacial score (nSPS) is 13.7. The van der Waals surface area contributed by atoms with Crippen LogP contribution in [0.2, 0.25) is 0 Å². The number of nitrogens with one attached hydrogen (secondary N) is 1. The number of fused-ring (bicyclic) bond motifs is 1. The lowest BCUT2D eigenvalue weighted by Gasteiger charge is -2.18. The van der Waals surface area contributed by atoms with Gasteiger partial charge in [-0.05, 0) is 42.5 Å². The fourth-order valence-electron chi connectivity index (χ4n) is 2.09. The summed E-state index contributed by atoms with van der Waals surface area (Å²) in [4.78, 5) is 4.44. The highest BCUT2D eigenvalue weighted by molar-refractivity contribution is 7.90. The molecular formula is C14H20N2O2S2. The monoisotopic (exact) mass is 312 g/mol. The maximum atomic E-state index is 11.4. The van der Waals surface area contributed by atoms with Crippen molar-refractivity contribution in [3.05, 3.63) is 29.3 Å². The SMILES string of the molecule is CCCNC(CCS(C)(=O)=O)c1cnc2ccsc2c1. The Labute approximate surface area is 124 Å². The van der Waals surface area contributed by atoms with Crippen LogP contribution in [0, 0.1) is 0 Å². The van der Waals surface area contributed by atoms with Gasteiger partial charge in [-0.25, -0.2) is 8.42 Å². The van der Waals surface area contributed by atoms with Crippen molar-refractivity contribution in [1.29, 1.82) is 0 Å². The molecule has 0 spiro atoms. The predicted molar refractivity (Wildman–Crippen MR) is 85.0 cm³/mol. The van der Waals surface area contributed by atoms with E-state index in [0.29, 0.717) is 6.42 Å². The van der Waals surface area contributed by atoms with Crippen molar-refractivity contribution in [3.8, 4) is 0 Å². The third-order valence-corrected chi connectivity index (χ3v) is 4.97. The first-order valence-corrected chi connectivity index (χ1v) is 9.68. The number of hydrogen-bond donors (Lipinski definition) is 1. The van der Waals surface area contributed by atoms with Gasteiger partial charge in [0.2, 0.25) is 0 Å². The van der Waals surface area contributed by atoms with Gasteiger partial charge in [-0.2, -0.15) is 0 Å². The van der Waals surface area contributed by atoms with E-state index in [9.17, 15) is 8.42 Å². The van der Waals surface area contributed by atoms with Crippen LogP contribution in [0.5, 0.6) is 0 Å². The molecule has 0 radical (unpaired) electrons. The quantitative estimate of drug-likeness (QED) is 0.854. The smallest absolute Gasteiger partial charge is 0.147 e. The molecule has 0 saturated heterocycles. The Balaban J connectivity index is 2.19. The maximum absolute atomic E-state index is 11.4. The molecule has 0 saturated carbocycles. The number of sulfone groups is 1. The number of aromatic nitrogens is 1. The third kappa shape index (κ3) is 4.26. The summed E-state index contributed by atoms with van der Waals surface area (Å²) in [5.74, 6) is 0.191. The summed E-state index contributed by atoms with van der Waals surface area (Å²) in [6.45, 7) is 2.97. The highest BCUT2D eigenvalue weighted by atomic mass is 32.2. The number of pyridine rings is 1. The van der Waals surface area contributed by atoms with Gasteiger partial charge >= 0.3 is 0 Å². The fourth-order valence-corrected chi connectivity index (χ4v) is 3.54. The molecule has 1 atom stereocenters. The van der Waals surface area contributed by atoms with E-state index in [0.717, 1.165) is 28.7 Å². The van der Waals surface area contributed by atoms with E-state index in [1.807, 2.05) is 17.6 Å². The molecule has 0 aliphatic heterocycles. The molecule has 0 amide bonds. The molecule has 1 N–H and O–H groups in total. The van der Waals surface area contributed by atoms with Crippen molar-refractivity contribution in [2.24, 2.45) is 0 Å². The van der Waals surface area contributed by atoms with Gasteiger partial charge in [0.05, 0.1) is 16.0 Å². The average Bonchev–Trinajstić information content (AvgIpc) is 2.85. The van der Waals surface area contributed by atoms with Gasteiger partial charge in [0.15, 0.2) is 0 Å². The van der Waals surface area contributed by atoms with Crippen molar-refractivity contribution >= 4 is 31.4 Å². The first kappa shape index (κ1) is 15.4. The second-order valence-corrected chi connectivity index (χ2v) is 8.21. The Bertz CT molecular complexity index is 665. The maximum Gasteiger partial charge on any atom is 0.147 e. The van der Waals surface area contributed by atoms with Crippen LogP contribution < -0.4 is 5.32 Å². The summed E-state index contributed by atoms with van der Waals surface area (Å²) >= 11 is 1.66. The van der Waals surface area contributed by atoms with Crippen LogP contribution in [0.15, 0.2) is 23.7 Å². The van der Waals surface area contributed by atoms with Crippen LogP contribution in [0.4, 0.5) is 0 Å². The molecule has 2 heterocycles. The molecular weight excluding hydrogens is 292 g/mol. The molecule has 0 fully saturated rings. The standard InChI is InChI=1S/C14H20N2O2S2/c1-3-6-15-12(5-8-20(2,17)18)11-9-14-13(16-10-11)4-7-19-14/h4,7,9-10,12,15H,3,5-6,8H2,1-2H3. The van der Waals surface area contributed by atoms with Gasteiger partial charge in [0.1, 0.15) is 9.84 Å². The van der Waals surface area contributed by atoms with Crippen molar-refractivity contribution in [1.82, 2.24) is 10.3 Å². The molecule has 0 aliphatic rings. The minimum absolute atomic E-state index is 0.0451. The Hall–Kier alpha value is -0.980. The minimum atomic E-state index is -2.94. The summed E-state index contributed by atoms with van der Waals surface area (Å²) in [7, 11) is -2.94. The van der Waals surface area contributed by atoms with E-state index in [4.69, 9.17) is 0 Å². The predicted octanol–water partition coefficient (Wildman–Crippen LogP) is 2.77. The zero-order valence-electron chi connectivity index (χ0n) is 11.8. The van der Waals surface area contributed by atoms with Crippen LogP contribution in [0.25, 0.3) is 10.2 Å². The largest absolute Gasteiger partial charge is 0.310 e. The highest BCUT2D eigenvalue weighted by Gasteiger charge is 2.15. The average molecular weight is 312 g/mol. The first-order valence-electron chi connectivity index (χ1n) is 6.74. The van der Waals surface area contributed by atoms with E-state index in [2.05, 4.69) is 23.3 Å².